The number of aromatic nitrogens is 4. The van der Waals surface area contributed by atoms with Crippen LogP contribution in [-0.2, 0) is 17.9 Å². The second-order valence-corrected chi connectivity index (χ2v) is 9.74. The van der Waals surface area contributed by atoms with Gasteiger partial charge < -0.3 is 4.90 Å². The first-order chi connectivity index (χ1) is 16.9. The number of amides is 1. The van der Waals surface area contributed by atoms with E-state index in [1.54, 1.807) is 11.9 Å². The Morgan fingerprint density at radius 2 is 1.71 bits per heavy atom. The molecule has 1 amide bonds. The molecular formula is C27H25N5O2S. The summed E-state index contributed by atoms with van der Waals surface area (Å²) in [6, 6.07) is 19.8. The van der Waals surface area contributed by atoms with Crippen LogP contribution in [0.5, 0.6) is 0 Å². The molecule has 3 aromatic heterocycles. The van der Waals surface area contributed by atoms with Gasteiger partial charge in [-0.25, -0.2) is 9.67 Å². The summed E-state index contributed by atoms with van der Waals surface area (Å²) in [5, 5.41) is 5.42. The third kappa shape index (κ3) is 4.40. The summed E-state index contributed by atoms with van der Waals surface area (Å²) in [6.07, 6.45) is 3.42. The van der Waals surface area contributed by atoms with Crippen LogP contribution in [0.25, 0.3) is 27.2 Å². The van der Waals surface area contributed by atoms with Crippen molar-refractivity contribution in [3.05, 3.63) is 99.5 Å². The van der Waals surface area contributed by atoms with Crippen LogP contribution in [0.4, 0.5) is 0 Å². The topological polar surface area (TPSA) is 73.0 Å². The lowest BCUT2D eigenvalue weighted by Crippen LogP contribution is -2.33. The highest BCUT2D eigenvalue weighted by Gasteiger charge is 2.19. The molecule has 7 nitrogen and oxygen atoms in total. The highest BCUT2D eigenvalue weighted by atomic mass is 32.1. The van der Waals surface area contributed by atoms with Crippen LogP contribution < -0.4 is 5.56 Å². The van der Waals surface area contributed by atoms with Gasteiger partial charge in [0.1, 0.15) is 11.4 Å². The van der Waals surface area contributed by atoms with Crippen LogP contribution in [-0.4, -0.2) is 37.2 Å². The minimum atomic E-state index is -0.180. The van der Waals surface area contributed by atoms with E-state index in [1.165, 1.54) is 22.2 Å². The molecular weight excluding hydrogens is 458 g/mol. The third-order valence-electron chi connectivity index (χ3n) is 6.15. The Kier molecular flexibility index (Phi) is 6.05. The lowest BCUT2D eigenvalue weighted by atomic mass is 10.1. The lowest BCUT2D eigenvalue weighted by molar-refractivity contribution is -0.131. The van der Waals surface area contributed by atoms with Gasteiger partial charge >= 0.3 is 0 Å². The average molecular weight is 484 g/mol. The highest BCUT2D eigenvalue weighted by molar-refractivity contribution is 7.18. The van der Waals surface area contributed by atoms with Crippen molar-refractivity contribution in [3.8, 4) is 16.9 Å². The molecule has 0 radical (unpaired) electrons. The smallest absolute Gasteiger partial charge is 0.262 e. The fourth-order valence-electron chi connectivity index (χ4n) is 4.07. The average Bonchev–Trinajstić information content (AvgIpc) is 3.42. The van der Waals surface area contributed by atoms with Crippen LogP contribution in [0.3, 0.4) is 0 Å². The Balaban J connectivity index is 1.43. The number of carbonyl (C=O) groups is 1. The molecule has 0 bridgehead atoms. The van der Waals surface area contributed by atoms with Crippen LogP contribution in [0.15, 0.2) is 78.0 Å². The van der Waals surface area contributed by atoms with E-state index in [4.69, 9.17) is 5.10 Å². The normalized spacial score (nSPS) is 11.2. The molecule has 35 heavy (non-hydrogen) atoms. The first-order valence-corrected chi connectivity index (χ1v) is 12.1. The molecule has 0 fully saturated rings. The zero-order chi connectivity index (χ0) is 24.5. The van der Waals surface area contributed by atoms with E-state index < -0.39 is 0 Å². The van der Waals surface area contributed by atoms with E-state index in [-0.39, 0.29) is 18.0 Å². The van der Waals surface area contributed by atoms with Crippen LogP contribution >= 0.6 is 11.3 Å². The van der Waals surface area contributed by atoms with E-state index in [9.17, 15) is 9.59 Å². The minimum absolute atomic E-state index is 0.0693. The van der Waals surface area contributed by atoms with E-state index in [1.807, 2.05) is 85.4 Å². The van der Waals surface area contributed by atoms with Gasteiger partial charge in [-0.3, -0.25) is 14.2 Å². The van der Waals surface area contributed by atoms with E-state index in [0.717, 1.165) is 32.9 Å². The Morgan fingerprint density at radius 3 is 2.43 bits per heavy atom. The second-order valence-electron chi connectivity index (χ2n) is 8.54. The van der Waals surface area contributed by atoms with Crippen LogP contribution in [0.1, 0.15) is 16.0 Å². The maximum atomic E-state index is 13.1. The summed E-state index contributed by atoms with van der Waals surface area (Å²) in [6.45, 7) is 4.19. The van der Waals surface area contributed by atoms with Crippen molar-refractivity contribution in [3.63, 3.8) is 0 Å². The summed E-state index contributed by atoms with van der Waals surface area (Å²) in [5.74, 6) is -0.177. The molecule has 5 aromatic rings. The van der Waals surface area contributed by atoms with Gasteiger partial charge in [-0.15, -0.1) is 11.3 Å². The zero-order valence-corrected chi connectivity index (χ0v) is 20.6. The maximum Gasteiger partial charge on any atom is 0.262 e. The molecule has 0 saturated heterocycles. The number of hydrogen-bond acceptors (Lipinski definition) is 5. The number of rotatable bonds is 6. The van der Waals surface area contributed by atoms with Crippen molar-refractivity contribution >= 4 is 27.5 Å². The molecule has 0 spiro atoms. The summed E-state index contributed by atoms with van der Waals surface area (Å²) in [4.78, 5) is 34.0. The molecule has 0 aliphatic carbocycles. The van der Waals surface area contributed by atoms with Gasteiger partial charge in [0.25, 0.3) is 5.56 Å². The predicted octanol–water partition coefficient (Wildman–Crippen LogP) is 4.59. The van der Waals surface area contributed by atoms with Gasteiger partial charge in [0.05, 0.1) is 23.1 Å². The molecule has 0 atom stereocenters. The van der Waals surface area contributed by atoms with Gasteiger partial charge in [0, 0.05) is 35.8 Å². The molecule has 0 aliphatic rings. The molecule has 176 valence electrons. The Bertz CT molecular complexity index is 1570. The number of aryl methyl sites for hydroxylation is 2. The first kappa shape index (κ1) is 22.7. The summed E-state index contributed by atoms with van der Waals surface area (Å²) >= 11 is 1.50. The number of benzene rings is 2. The monoisotopic (exact) mass is 483 g/mol. The summed E-state index contributed by atoms with van der Waals surface area (Å²) < 4.78 is 3.23. The standard InChI is InChI=1S/C27H25N5O2S/c1-18-19(2)35-26-24(18)27(34)31(17-28-26)16-23(33)30(3)14-21-15-32(22-12-8-5-9-13-22)29-25(21)20-10-6-4-7-11-20/h4-13,15,17H,14,16H2,1-3H3. The SMILES string of the molecule is Cc1sc2ncn(CC(=O)N(C)Cc3cn(-c4ccccc4)nc3-c3ccccc3)c(=O)c2c1C. The molecule has 0 N–H and O–H groups in total. The molecule has 0 saturated carbocycles. The lowest BCUT2D eigenvalue weighted by Gasteiger charge is -2.18. The molecule has 2 aromatic carbocycles. The van der Waals surface area contributed by atoms with Crippen LogP contribution in [0.2, 0.25) is 0 Å². The number of carbonyl (C=O) groups excluding carboxylic acids is 1. The molecule has 0 aliphatic heterocycles. The predicted molar refractivity (Wildman–Crippen MR) is 139 cm³/mol. The summed E-state index contributed by atoms with van der Waals surface area (Å²) in [7, 11) is 1.74. The van der Waals surface area contributed by atoms with Crippen molar-refractivity contribution in [2.75, 3.05) is 7.05 Å². The fourth-order valence-corrected chi connectivity index (χ4v) is 5.06. The van der Waals surface area contributed by atoms with Gasteiger partial charge in [0.15, 0.2) is 0 Å². The molecule has 0 unspecified atom stereocenters. The highest BCUT2D eigenvalue weighted by Crippen LogP contribution is 2.26. The number of nitrogens with zero attached hydrogens (tertiary/aromatic N) is 5. The second kappa shape index (κ2) is 9.31. The first-order valence-electron chi connectivity index (χ1n) is 11.3. The van der Waals surface area contributed by atoms with Crippen molar-refractivity contribution in [1.82, 2.24) is 24.2 Å². The number of para-hydroxylation sites is 1. The molecule has 3 heterocycles. The zero-order valence-electron chi connectivity index (χ0n) is 19.8. The quantitative estimate of drug-likeness (QED) is 0.354. The number of likely N-dealkylation sites (N-methyl/N-ethyl adjacent to an activating group) is 1. The van der Waals surface area contributed by atoms with Gasteiger partial charge in [-0.05, 0) is 31.5 Å². The molecule has 8 heteroatoms. The largest absolute Gasteiger partial charge is 0.340 e. The Morgan fingerprint density at radius 1 is 1.03 bits per heavy atom. The van der Waals surface area contributed by atoms with Crippen molar-refractivity contribution < 1.29 is 4.79 Å². The number of fused-ring (bicyclic) bond motifs is 1. The summed E-state index contributed by atoms with van der Waals surface area (Å²) in [5.41, 5.74) is 4.41. The van der Waals surface area contributed by atoms with Crippen molar-refractivity contribution in [2.24, 2.45) is 0 Å². The Hall–Kier alpha value is -4.04. The van der Waals surface area contributed by atoms with Gasteiger partial charge in [0.2, 0.25) is 5.91 Å². The van der Waals surface area contributed by atoms with Crippen LogP contribution in [0, 0.1) is 13.8 Å². The van der Waals surface area contributed by atoms with E-state index in [0.29, 0.717) is 16.8 Å². The Labute approximate surface area is 206 Å². The third-order valence-corrected chi connectivity index (χ3v) is 7.27. The minimum Gasteiger partial charge on any atom is -0.340 e. The maximum absolute atomic E-state index is 13.1. The number of thiophene rings is 1. The van der Waals surface area contributed by atoms with E-state index in [2.05, 4.69) is 4.98 Å². The fraction of sp³-hybridized carbons (Fsp3) is 0.185. The van der Waals surface area contributed by atoms with E-state index >= 15 is 0 Å². The van der Waals surface area contributed by atoms with Crippen molar-refractivity contribution in [1.29, 1.82) is 0 Å². The molecule has 5 rings (SSSR count). The van der Waals surface area contributed by atoms with Gasteiger partial charge in [-0.2, -0.15) is 5.10 Å². The number of hydrogen-bond donors (Lipinski definition) is 0. The van der Waals surface area contributed by atoms with Crippen molar-refractivity contribution in [2.45, 2.75) is 26.9 Å². The van der Waals surface area contributed by atoms with Gasteiger partial charge in [-0.1, -0.05) is 48.5 Å².